The normalized spacial score (nSPS) is 9.79. The topological polar surface area (TPSA) is 47.0 Å². The van der Waals surface area contributed by atoms with Crippen molar-refractivity contribution in [3.05, 3.63) is 39.5 Å². The van der Waals surface area contributed by atoms with Gasteiger partial charge in [-0.2, -0.15) is 0 Å². The van der Waals surface area contributed by atoms with Gasteiger partial charge in [-0.25, -0.2) is 0 Å². The monoisotopic (exact) mass is 310 g/mol. The molecular weight excluding hydrogens is 306 g/mol. The van der Waals surface area contributed by atoms with Crippen LogP contribution in [0.5, 0.6) is 11.6 Å². The van der Waals surface area contributed by atoms with E-state index in [9.17, 15) is 0 Å². The van der Waals surface area contributed by atoms with Crippen molar-refractivity contribution in [2.45, 2.75) is 0 Å². The molecule has 0 aliphatic heterocycles. The standard InChI is InChI=1S/C10H5B2Cl3N3O/c11-12-16-5-3-6(13)10(7(14)4-5)19-9-2-1-8(15)17-18-9/h1-4,16H. The third-order valence-electron chi connectivity index (χ3n) is 2.06. The number of aromatic nitrogens is 2. The quantitative estimate of drug-likeness (QED) is 0.880. The molecule has 2 rings (SSSR count). The van der Waals surface area contributed by atoms with Crippen molar-refractivity contribution in [3.8, 4) is 11.6 Å². The molecule has 0 spiro atoms. The second-order valence-corrected chi connectivity index (χ2v) is 4.58. The van der Waals surface area contributed by atoms with E-state index < -0.39 is 0 Å². The molecule has 0 bridgehead atoms. The van der Waals surface area contributed by atoms with Crippen molar-refractivity contribution in [2.75, 3.05) is 5.23 Å². The molecule has 0 atom stereocenters. The predicted molar refractivity (Wildman–Crippen MR) is 78.7 cm³/mol. The third kappa shape index (κ3) is 3.69. The molecule has 1 heterocycles. The molecule has 0 aliphatic carbocycles. The first-order valence-electron chi connectivity index (χ1n) is 5.06. The van der Waals surface area contributed by atoms with Gasteiger partial charge in [0, 0.05) is 0 Å². The average molecular weight is 311 g/mol. The van der Waals surface area contributed by atoms with Crippen molar-refractivity contribution in [2.24, 2.45) is 0 Å². The van der Waals surface area contributed by atoms with Crippen LogP contribution in [0.2, 0.25) is 15.2 Å². The van der Waals surface area contributed by atoms with E-state index in [0.717, 1.165) is 0 Å². The van der Waals surface area contributed by atoms with E-state index in [1.54, 1.807) is 24.3 Å². The van der Waals surface area contributed by atoms with E-state index in [0.29, 0.717) is 15.7 Å². The van der Waals surface area contributed by atoms with Gasteiger partial charge in [0.25, 0.3) is 0 Å². The Labute approximate surface area is 126 Å². The van der Waals surface area contributed by atoms with Crippen LogP contribution in [0.1, 0.15) is 0 Å². The van der Waals surface area contributed by atoms with Crippen LogP contribution in [0.25, 0.3) is 0 Å². The van der Waals surface area contributed by atoms with Crippen molar-refractivity contribution in [1.29, 1.82) is 0 Å². The molecule has 4 nitrogen and oxygen atoms in total. The van der Waals surface area contributed by atoms with Gasteiger partial charge in [0.05, 0.1) is 0 Å². The number of benzene rings is 1. The first-order chi connectivity index (χ1) is 9.10. The number of nitrogens with one attached hydrogen (secondary N) is 1. The second-order valence-electron chi connectivity index (χ2n) is 3.38. The summed E-state index contributed by atoms with van der Waals surface area (Å²) < 4.78 is 5.46. The van der Waals surface area contributed by atoms with Crippen LogP contribution in [-0.4, -0.2) is 24.5 Å². The van der Waals surface area contributed by atoms with E-state index >= 15 is 0 Å². The van der Waals surface area contributed by atoms with E-state index in [1.165, 1.54) is 6.94 Å². The number of ether oxygens (including phenoxy) is 1. The van der Waals surface area contributed by atoms with Gasteiger partial charge in [-0.3, -0.25) is 0 Å². The van der Waals surface area contributed by atoms with Gasteiger partial charge >= 0.3 is 126 Å². The van der Waals surface area contributed by atoms with Crippen LogP contribution in [-0.2, 0) is 0 Å². The molecule has 0 aliphatic rings. The summed E-state index contributed by atoms with van der Waals surface area (Å²) in [5, 5.41) is 11.1. The summed E-state index contributed by atoms with van der Waals surface area (Å²) in [5.41, 5.74) is 0.645. The minimum absolute atomic E-state index is 0.235. The Morgan fingerprint density at radius 1 is 1.11 bits per heavy atom. The molecule has 0 fully saturated rings. The molecule has 0 saturated heterocycles. The summed E-state index contributed by atoms with van der Waals surface area (Å²) in [6.07, 6.45) is 0. The van der Waals surface area contributed by atoms with Crippen molar-refractivity contribution in [1.82, 2.24) is 10.2 Å². The van der Waals surface area contributed by atoms with Crippen molar-refractivity contribution < 1.29 is 4.74 Å². The van der Waals surface area contributed by atoms with Crippen molar-refractivity contribution in [3.63, 3.8) is 0 Å². The zero-order valence-electron chi connectivity index (χ0n) is 9.40. The first-order valence-corrected chi connectivity index (χ1v) is 6.19. The Balaban J connectivity index is 2.29. The fourth-order valence-electron chi connectivity index (χ4n) is 1.30. The number of rotatable bonds is 4. The van der Waals surface area contributed by atoms with E-state index in [-0.39, 0.29) is 16.8 Å². The van der Waals surface area contributed by atoms with Crippen LogP contribution in [0.3, 0.4) is 0 Å². The molecule has 1 aromatic heterocycles. The molecule has 0 unspecified atom stereocenters. The second kappa shape index (κ2) is 6.37. The maximum absolute atomic E-state index is 6.07. The first kappa shape index (κ1) is 14.3. The Kier molecular flexibility index (Phi) is 4.80. The number of halogens is 3. The summed E-state index contributed by atoms with van der Waals surface area (Å²) in [7, 11) is 5.25. The van der Waals surface area contributed by atoms with Gasteiger partial charge < -0.3 is 0 Å². The van der Waals surface area contributed by atoms with Crippen LogP contribution in [0.15, 0.2) is 24.3 Å². The van der Waals surface area contributed by atoms with E-state index in [1.807, 2.05) is 0 Å². The van der Waals surface area contributed by atoms with Gasteiger partial charge in [0.1, 0.15) is 0 Å². The van der Waals surface area contributed by atoms with Gasteiger partial charge in [-0.05, 0) is 0 Å². The van der Waals surface area contributed by atoms with Crippen molar-refractivity contribution >= 4 is 54.8 Å². The summed E-state index contributed by atoms with van der Waals surface area (Å²) in [5.74, 6) is 0.516. The zero-order valence-corrected chi connectivity index (χ0v) is 11.7. The number of nitrogens with zero attached hydrogens (tertiary/aromatic N) is 2. The summed E-state index contributed by atoms with van der Waals surface area (Å²) in [6, 6.07) is 6.35. The molecule has 2 aromatic rings. The predicted octanol–water partition coefficient (Wildman–Crippen LogP) is 3.34. The molecule has 0 saturated carbocycles. The Hall–Kier alpha value is -1.10. The fourth-order valence-corrected chi connectivity index (χ4v) is 1.96. The molecule has 1 radical (unpaired) electrons. The Bertz CT molecular complexity index is 586. The fraction of sp³-hybridized carbons (Fsp3) is 0. The third-order valence-corrected chi connectivity index (χ3v) is 2.83. The molecule has 93 valence electrons. The minimum atomic E-state index is 0.235. The SMILES string of the molecule is [B]=BNc1cc(Cl)c(Oc2ccc(Cl)nn2)c(Cl)c1. The maximum atomic E-state index is 6.07. The van der Waals surface area contributed by atoms with Crippen LogP contribution < -0.4 is 9.96 Å². The molecule has 0 amide bonds. The van der Waals surface area contributed by atoms with E-state index in [2.05, 4.69) is 15.4 Å². The Morgan fingerprint density at radius 2 is 1.79 bits per heavy atom. The van der Waals surface area contributed by atoms with E-state index in [4.69, 9.17) is 46.9 Å². The van der Waals surface area contributed by atoms with Crippen LogP contribution in [0.4, 0.5) is 5.69 Å². The average Bonchev–Trinajstić information content (AvgIpc) is 2.36. The van der Waals surface area contributed by atoms with Gasteiger partial charge in [-0.15, -0.1) is 0 Å². The zero-order chi connectivity index (χ0) is 13.8. The number of hydrogen-bond acceptors (Lipinski definition) is 4. The number of hydrogen-bond donors (Lipinski definition) is 1. The number of anilines is 1. The molecule has 9 heteroatoms. The Morgan fingerprint density at radius 3 is 2.32 bits per heavy atom. The molecular formula is C10H5B2Cl3N3O. The molecule has 1 aromatic carbocycles. The summed E-state index contributed by atoms with van der Waals surface area (Å²) in [6.45, 7) is 1.27. The molecule has 1 N–H and O–H groups in total. The summed E-state index contributed by atoms with van der Waals surface area (Å²) >= 11 is 17.8. The molecule has 19 heavy (non-hydrogen) atoms. The van der Waals surface area contributed by atoms with Crippen LogP contribution in [0, 0.1) is 0 Å². The summed E-state index contributed by atoms with van der Waals surface area (Å²) in [4.78, 5) is 0. The van der Waals surface area contributed by atoms with Gasteiger partial charge in [0.2, 0.25) is 0 Å². The van der Waals surface area contributed by atoms with Gasteiger partial charge in [-0.1, -0.05) is 0 Å². The van der Waals surface area contributed by atoms with Gasteiger partial charge in [0.15, 0.2) is 0 Å². The van der Waals surface area contributed by atoms with Crippen LogP contribution >= 0.6 is 34.8 Å².